The summed E-state index contributed by atoms with van der Waals surface area (Å²) in [6.45, 7) is 1.37. The number of halogens is 1. The molecule has 2 aromatic rings. The lowest BCUT2D eigenvalue weighted by Gasteiger charge is -2.37. The molecule has 0 bridgehead atoms. The van der Waals surface area contributed by atoms with Gasteiger partial charge in [0, 0.05) is 28.0 Å². The van der Waals surface area contributed by atoms with Crippen LogP contribution in [0.25, 0.3) is 0 Å². The highest BCUT2D eigenvalue weighted by Gasteiger charge is 2.51. The van der Waals surface area contributed by atoms with Gasteiger partial charge in [-0.25, -0.2) is 0 Å². The quantitative estimate of drug-likeness (QED) is 0.701. The maximum atomic E-state index is 12.9. The lowest BCUT2D eigenvalue weighted by atomic mass is 9.86. The zero-order valence-corrected chi connectivity index (χ0v) is 18.4. The van der Waals surface area contributed by atoms with E-state index in [2.05, 4.69) is 39.4 Å². The van der Waals surface area contributed by atoms with Gasteiger partial charge in [0.15, 0.2) is 0 Å². The van der Waals surface area contributed by atoms with E-state index in [-0.39, 0.29) is 35.9 Å². The Labute approximate surface area is 184 Å². The van der Waals surface area contributed by atoms with E-state index in [1.807, 2.05) is 30.3 Å². The number of carbonyl (C=O) groups is 2. The molecule has 1 aliphatic heterocycles. The number of nitrogens with one attached hydrogen (secondary N) is 1. The van der Waals surface area contributed by atoms with Crippen molar-refractivity contribution < 1.29 is 14.3 Å². The first-order valence-corrected chi connectivity index (χ1v) is 11.4. The Kier molecular flexibility index (Phi) is 5.15. The molecule has 5 nitrogen and oxygen atoms in total. The van der Waals surface area contributed by atoms with Gasteiger partial charge in [0.25, 0.3) is 5.91 Å². The molecule has 0 unspecified atom stereocenters. The molecule has 2 saturated carbocycles. The molecule has 0 aromatic heterocycles. The van der Waals surface area contributed by atoms with E-state index in [9.17, 15) is 9.59 Å². The van der Waals surface area contributed by atoms with Crippen molar-refractivity contribution in [1.82, 2.24) is 10.2 Å². The zero-order valence-electron chi connectivity index (χ0n) is 16.8. The van der Waals surface area contributed by atoms with Crippen LogP contribution in [0.3, 0.4) is 0 Å². The number of nitrogens with zero attached hydrogens (tertiary/aromatic N) is 1. The van der Waals surface area contributed by atoms with Gasteiger partial charge in [-0.15, -0.1) is 0 Å². The van der Waals surface area contributed by atoms with Crippen LogP contribution in [0.5, 0.6) is 0 Å². The van der Waals surface area contributed by atoms with Gasteiger partial charge >= 0.3 is 0 Å². The van der Waals surface area contributed by atoms with Crippen LogP contribution in [0, 0.1) is 0 Å². The molecule has 6 heteroatoms. The third kappa shape index (κ3) is 3.91. The summed E-state index contributed by atoms with van der Waals surface area (Å²) in [6.07, 6.45) is 3.99. The number of rotatable bonds is 6. The zero-order chi connectivity index (χ0) is 20.7. The summed E-state index contributed by atoms with van der Waals surface area (Å²) in [4.78, 5) is 27.2. The van der Waals surface area contributed by atoms with Gasteiger partial charge in [0.2, 0.25) is 5.91 Å². The average molecular weight is 469 g/mol. The van der Waals surface area contributed by atoms with Crippen LogP contribution in [0.15, 0.2) is 53.0 Å². The molecule has 5 rings (SSSR count). The standard InChI is InChI=1S/C24H25BrN2O3/c25-17-6-7-20-21(10-17)24(8-9-24)15-27(23(20)29)13-22(28)26-18-11-19(12-18)30-14-16-4-2-1-3-5-16/h1-7,10,18-19H,8-9,11-15H2,(H,26,28). The maximum Gasteiger partial charge on any atom is 0.254 e. The number of fused-ring (bicyclic) bond motifs is 2. The largest absolute Gasteiger partial charge is 0.373 e. The first-order valence-electron chi connectivity index (χ1n) is 10.6. The van der Waals surface area contributed by atoms with Crippen LogP contribution in [0.2, 0.25) is 0 Å². The van der Waals surface area contributed by atoms with Crippen molar-refractivity contribution in [2.45, 2.75) is 49.9 Å². The van der Waals surface area contributed by atoms with Gasteiger partial charge in [-0.2, -0.15) is 0 Å². The van der Waals surface area contributed by atoms with Crippen molar-refractivity contribution in [1.29, 1.82) is 0 Å². The van der Waals surface area contributed by atoms with Gasteiger partial charge in [-0.1, -0.05) is 46.3 Å². The first-order chi connectivity index (χ1) is 14.5. The Balaban J connectivity index is 1.12. The fourth-order valence-corrected chi connectivity index (χ4v) is 4.96. The summed E-state index contributed by atoms with van der Waals surface area (Å²) in [5.41, 5.74) is 3.08. The van der Waals surface area contributed by atoms with Gasteiger partial charge < -0.3 is 15.0 Å². The fourth-order valence-electron chi connectivity index (χ4n) is 4.59. The number of hydrogen-bond acceptors (Lipinski definition) is 3. The van der Waals surface area contributed by atoms with Crippen molar-refractivity contribution in [2.75, 3.05) is 13.1 Å². The number of carbonyl (C=O) groups excluding carboxylic acids is 2. The third-order valence-electron chi connectivity index (χ3n) is 6.54. The molecule has 1 N–H and O–H groups in total. The molecule has 0 atom stereocenters. The second-order valence-electron chi connectivity index (χ2n) is 8.79. The van der Waals surface area contributed by atoms with E-state index >= 15 is 0 Å². The minimum atomic E-state index is -0.0776. The van der Waals surface area contributed by atoms with Gasteiger partial charge in [-0.3, -0.25) is 9.59 Å². The Hall–Kier alpha value is -2.18. The summed E-state index contributed by atoms with van der Waals surface area (Å²) in [7, 11) is 0. The monoisotopic (exact) mass is 468 g/mol. The van der Waals surface area contributed by atoms with Crippen molar-refractivity contribution in [3.8, 4) is 0 Å². The summed E-state index contributed by atoms with van der Waals surface area (Å²) in [5.74, 6) is -0.117. The molecule has 2 fully saturated rings. The lowest BCUT2D eigenvalue weighted by Crippen LogP contribution is -2.53. The molecule has 0 radical (unpaired) electrons. The Morgan fingerprint density at radius 2 is 1.93 bits per heavy atom. The molecule has 1 spiro atoms. The third-order valence-corrected chi connectivity index (χ3v) is 7.03. The molecular formula is C24H25BrN2O3. The fraction of sp³-hybridized carbons (Fsp3) is 0.417. The number of amides is 2. The minimum Gasteiger partial charge on any atom is -0.373 e. The van der Waals surface area contributed by atoms with E-state index < -0.39 is 0 Å². The molecular weight excluding hydrogens is 444 g/mol. The van der Waals surface area contributed by atoms with Crippen molar-refractivity contribution >= 4 is 27.7 Å². The Morgan fingerprint density at radius 1 is 1.17 bits per heavy atom. The smallest absolute Gasteiger partial charge is 0.254 e. The molecule has 2 aliphatic carbocycles. The maximum absolute atomic E-state index is 12.9. The molecule has 156 valence electrons. The van der Waals surface area contributed by atoms with E-state index in [4.69, 9.17) is 4.74 Å². The van der Waals surface area contributed by atoms with E-state index in [0.29, 0.717) is 13.2 Å². The number of ether oxygens (including phenoxy) is 1. The highest BCUT2D eigenvalue weighted by Crippen LogP contribution is 2.52. The molecule has 30 heavy (non-hydrogen) atoms. The number of benzene rings is 2. The first kappa shape index (κ1) is 19.8. The summed E-state index contributed by atoms with van der Waals surface area (Å²) in [5, 5.41) is 3.07. The molecule has 2 aromatic carbocycles. The molecule has 1 heterocycles. The lowest BCUT2D eigenvalue weighted by molar-refractivity contribution is -0.124. The Bertz CT molecular complexity index is 968. The van der Waals surface area contributed by atoms with E-state index in [1.54, 1.807) is 4.90 Å². The highest BCUT2D eigenvalue weighted by atomic mass is 79.9. The SMILES string of the molecule is O=C(CN1CC2(CC2)c2cc(Br)ccc2C1=O)NC1CC(OCc2ccccc2)C1. The predicted octanol–water partition coefficient (Wildman–Crippen LogP) is 3.80. The summed E-state index contributed by atoms with van der Waals surface area (Å²) >= 11 is 3.52. The molecule has 0 saturated heterocycles. The van der Waals surface area contributed by atoms with Crippen molar-refractivity contribution in [2.24, 2.45) is 0 Å². The van der Waals surface area contributed by atoms with Crippen LogP contribution < -0.4 is 5.32 Å². The van der Waals surface area contributed by atoms with Crippen LogP contribution >= 0.6 is 15.9 Å². The summed E-state index contributed by atoms with van der Waals surface area (Å²) < 4.78 is 6.91. The number of hydrogen-bond donors (Lipinski definition) is 1. The predicted molar refractivity (Wildman–Crippen MR) is 117 cm³/mol. The van der Waals surface area contributed by atoms with Crippen LogP contribution in [0.4, 0.5) is 0 Å². The molecule has 3 aliphatic rings. The van der Waals surface area contributed by atoms with Crippen molar-refractivity contribution in [3.05, 3.63) is 69.7 Å². The van der Waals surface area contributed by atoms with Gasteiger partial charge in [-0.05, 0) is 55.0 Å². The van der Waals surface area contributed by atoms with Gasteiger partial charge in [0.05, 0.1) is 19.3 Å². The van der Waals surface area contributed by atoms with Crippen LogP contribution in [0.1, 0.15) is 47.2 Å². The second-order valence-corrected chi connectivity index (χ2v) is 9.70. The normalized spacial score (nSPS) is 23.6. The summed E-state index contributed by atoms with van der Waals surface area (Å²) in [6, 6.07) is 16.1. The Morgan fingerprint density at radius 3 is 2.67 bits per heavy atom. The van der Waals surface area contributed by atoms with Crippen molar-refractivity contribution in [3.63, 3.8) is 0 Å². The van der Waals surface area contributed by atoms with Crippen LogP contribution in [-0.2, 0) is 21.6 Å². The topological polar surface area (TPSA) is 58.6 Å². The molecule has 2 amide bonds. The minimum absolute atomic E-state index is 0.0390. The highest BCUT2D eigenvalue weighted by molar-refractivity contribution is 9.10. The van der Waals surface area contributed by atoms with Gasteiger partial charge in [0.1, 0.15) is 0 Å². The van der Waals surface area contributed by atoms with E-state index in [1.165, 1.54) is 0 Å². The van der Waals surface area contributed by atoms with Crippen LogP contribution in [-0.4, -0.2) is 41.9 Å². The average Bonchev–Trinajstić information content (AvgIpc) is 3.48. The van der Waals surface area contributed by atoms with E-state index in [0.717, 1.165) is 46.8 Å². The second kappa shape index (κ2) is 7.82.